The van der Waals surface area contributed by atoms with Crippen molar-refractivity contribution in [3.05, 3.63) is 0 Å². The molecule has 0 aromatic heterocycles. The fourth-order valence-corrected chi connectivity index (χ4v) is 3.97. The van der Waals surface area contributed by atoms with E-state index >= 15 is 0 Å². The van der Waals surface area contributed by atoms with Gasteiger partial charge in [0.15, 0.2) is 9.84 Å². The summed E-state index contributed by atoms with van der Waals surface area (Å²) in [5.74, 6) is 0.360. The lowest BCUT2D eigenvalue weighted by molar-refractivity contribution is 0.482. The molecule has 4 heteroatoms. The second kappa shape index (κ2) is 5.71. The molecule has 0 unspecified atom stereocenters. The monoisotopic (exact) mass is 219 g/mol. The fourth-order valence-electron chi connectivity index (χ4n) is 2.04. The van der Waals surface area contributed by atoms with Gasteiger partial charge in [-0.25, -0.2) is 8.42 Å². The summed E-state index contributed by atoms with van der Waals surface area (Å²) in [6.07, 6.45) is 5.92. The summed E-state index contributed by atoms with van der Waals surface area (Å²) in [7, 11) is -0.941. The van der Waals surface area contributed by atoms with Crippen molar-refractivity contribution in [1.29, 1.82) is 0 Å². The first-order valence-corrected chi connectivity index (χ1v) is 7.24. The van der Waals surface area contributed by atoms with E-state index < -0.39 is 9.84 Å². The predicted octanol–water partition coefficient (Wildman–Crippen LogP) is 1.34. The lowest BCUT2D eigenvalue weighted by Gasteiger charge is -2.21. The van der Waals surface area contributed by atoms with Crippen molar-refractivity contribution >= 4 is 9.84 Å². The van der Waals surface area contributed by atoms with E-state index in [-0.39, 0.29) is 5.25 Å². The van der Waals surface area contributed by atoms with Crippen LogP contribution in [0.5, 0.6) is 0 Å². The van der Waals surface area contributed by atoms with E-state index in [0.717, 1.165) is 38.6 Å². The smallest absolute Gasteiger partial charge is 0.153 e. The summed E-state index contributed by atoms with van der Waals surface area (Å²) in [6, 6.07) is 0. The van der Waals surface area contributed by atoms with Gasteiger partial charge in [0.1, 0.15) is 0 Å². The number of rotatable bonds is 5. The molecule has 1 aliphatic carbocycles. The van der Waals surface area contributed by atoms with Gasteiger partial charge in [-0.15, -0.1) is 0 Å². The van der Waals surface area contributed by atoms with Gasteiger partial charge in [0.25, 0.3) is 0 Å². The van der Waals surface area contributed by atoms with Crippen LogP contribution in [0.4, 0.5) is 0 Å². The van der Waals surface area contributed by atoms with Crippen LogP contribution in [0.2, 0.25) is 0 Å². The molecule has 0 aromatic rings. The highest BCUT2D eigenvalue weighted by atomic mass is 32.2. The van der Waals surface area contributed by atoms with Gasteiger partial charge >= 0.3 is 0 Å². The van der Waals surface area contributed by atoms with Crippen molar-refractivity contribution in [2.45, 2.75) is 43.8 Å². The zero-order valence-corrected chi connectivity index (χ0v) is 9.78. The molecule has 1 saturated carbocycles. The van der Waals surface area contributed by atoms with Crippen LogP contribution in [0, 0.1) is 0 Å². The Morgan fingerprint density at radius 1 is 1.21 bits per heavy atom. The molecular weight excluding hydrogens is 198 g/mol. The second-order valence-electron chi connectivity index (χ2n) is 4.08. The highest BCUT2D eigenvalue weighted by Gasteiger charge is 2.26. The van der Waals surface area contributed by atoms with E-state index in [1.54, 1.807) is 0 Å². The Morgan fingerprint density at radius 2 is 1.86 bits per heavy atom. The van der Waals surface area contributed by atoms with Gasteiger partial charge in [0.05, 0.1) is 11.0 Å². The first-order chi connectivity index (χ1) is 6.67. The molecule has 1 fully saturated rings. The average molecular weight is 219 g/mol. The maximum Gasteiger partial charge on any atom is 0.153 e. The molecule has 0 spiro atoms. The molecule has 0 aliphatic heterocycles. The summed E-state index contributed by atoms with van der Waals surface area (Å²) in [5.41, 5.74) is 0. The minimum atomic E-state index is -2.80. The van der Waals surface area contributed by atoms with Gasteiger partial charge in [0.2, 0.25) is 0 Å². The third-order valence-electron chi connectivity index (χ3n) is 2.92. The zero-order valence-electron chi connectivity index (χ0n) is 8.96. The third-order valence-corrected chi connectivity index (χ3v) is 5.26. The highest BCUT2D eigenvalue weighted by Crippen LogP contribution is 2.24. The highest BCUT2D eigenvalue weighted by molar-refractivity contribution is 7.92. The number of sulfone groups is 1. The molecule has 1 aliphatic rings. The lowest BCUT2D eigenvalue weighted by Crippen LogP contribution is -2.27. The van der Waals surface area contributed by atoms with Gasteiger partial charge in [-0.05, 0) is 32.9 Å². The molecule has 1 N–H and O–H groups in total. The van der Waals surface area contributed by atoms with Crippen LogP contribution < -0.4 is 5.32 Å². The molecule has 0 saturated heterocycles. The van der Waals surface area contributed by atoms with Crippen molar-refractivity contribution < 1.29 is 8.42 Å². The van der Waals surface area contributed by atoms with Crippen molar-refractivity contribution in [3.63, 3.8) is 0 Å². The lowest BCUT2D eigenvalue weighted by atomic mass is 10.0. The Morgan fingerprint density at radius 3 is 2.43 bits per heavy atom. The van der Waals surface area contributed by atoms with Crippen molar-refractivity contribution in [1.82, 2.24) is 5.32 Å². The van der Waals surface area contributed by atoms with Gasteiger partial charge in [0, 0.05) is 0 Å². The largest absolute Gasteiger partial charge is 0.320 e. The summed E-state index contributed by atoms with van der Waals surface area (Å²) in [4.78, 5) is 0. The molecule has 0 amide bonds. The van der Waals surface area contributed by atoms with Gasteiger partial charge in [-0.2, -0.15) is 0 Å². The topological polar surface area (TPSA) is 46.2 Å². The van der Waals surface area contributed by atoms with Crippen LogP contribution in [0.15, 0.2) is 0 Å². The van der Waals surface area contributed by atoms with E-state index in [4.69, 9.17) is 0 Å². The van der Waals surface area contributed by atoms with Crippen LogP contribution in [-0.4, -0.2) is 33.0 Å². The maximum atomic E-state index is 11.8. The van der Waals surface area contributed by atoms with E-state index in [1.807, 2.05) is 7.05 Å². The Labute approximate surface area is 87.2 Å². The van der Waals surface area contributed by atoms with Crippen LogP contribution in [-0.2, 0) is 9.84 Å². The summed E-state index contributed by atoms with van der Waals surface area (Å²) >= 11 is 0. The Hall–Kier alpha value is -0.0900. The van der Waals surface area contributed by atoms with Crippen molar-refractivity contribution in [2.75, 3.05) is 19.3 Å². The SMILES string of the molecule is CNCCCS(=O)(=O)C1CCCCC1. The van der Waals surface area contributed by atoms with Crippen LogP contribution in [0.1, 0.15) is 38.5 Å². The molecule has 0 atom stereocenters. The maximum absolute atomic E-state index is 11.8. The molecule has 0 aromatic carbocycles. The number of hydrogen-bond donors (Lipinski definition) is 1. The van der Waals surface area contributed by atoms with Crippen LogP contribution in [0.3, 0.4) is 0 Å². The van der Waals surface area contributed by atoms with Gasteiger partial charge in [-0.1, -0.05) is 19.3 Å². The molecule has 14 heavy (non-hydrogen) atoms. The molecule has 84 valence electrons. The van der Waals surface area contributed by atoms with Crippen LogP contribution in [0.25, 0.3) is 0 Å². The fraction of sp³-hybridized carbons (Fsp3) is 1.00. The van der Waals surface area contributed by atoms with Crippen LogP contribution >= 0.6 is 0 Å². The van der Waals surface area contributed by atoms with E-state index in [0.29, 0.717) is 5.75 Å². The minimum Gasteiger partial charge on any atom is -0.320 e. The summed E-state index contributed by atoms with van der Waals surface area (Å²) in [6.45, 7) is 0.798. The number of nitrogens with one attached hydrogen (secondary N) is 1. The quantitative estimate of drug-likeness (QED) is 0.710. The Balaban J connectivity index is 2.38. The minimum absolute atomic E-state index is 0.0342. The summed E-state index contributed by atoms with van der Waals surface area (Å²) in [5, 5.41) is 2.94. The van der Waals surface area contributed by atoms with E-state index in [9.17, 15) is 8.42 Å². The average Bonchev–Trinajstić information content (AvgIpc) is 2.19. The molecular formula is C10H21NO2S. The zero-order chi connectivity index (χ0) is 10.4. The Kier molecular flexibility index (Phi) is 4.89. The normalized spacial score (nSPS) is 19.8. The predicted molar refractivity (Wildman–Crippen MR) is 59.2 cm³/mol. The van der Waals surface area contributed by atoms with Gasteiger partial charge in [-0.3, -0.25) is 0 Å². The first-order valence-electron chi connectivity index (χ1n) is 5.53. The third kappa shape index (κ3) is 3.58. The Bertz CT molecular complexity index is 243. The number of hydrogen-bond acceptors (Lipinski definition) is 3. The van der Waals surface area contributed by atoms with E-state index in [2.05, 4.69) is 5.32 Å². The standard InChI is InChI=1S/C10H21NO2S/c1-11-8-5-9-14(12,13)10-6-3-2-4-7-10/h10-11H,2-9H2,1H3. The van der Waals surface area contributed by atoms with Crippen molar-refractivity contribution in [2.24, 2.45) is 0 Å². The van der Waals surface area contributed by atoms with Crippen molar-refractivity contribution in [3.8, 4) is 0 Å². The molecule has 1 rings (SSSR count). The second-order valence-corrected chi connectivity index (χ2v) is 6.48. The molecule has 3 nitrogen and oxygen atoms in total. The summed E-state index contributed by atoms with van der Waals surface area (Å²) < 4.78 is 23.7. The molecule has 0 radical (unpaired) electrons. The van der Waals surface area contributed by atoms with Gasteiger partial charge < -0.3 is 5.32 Å². The van der Waals surface area contributed by atoms with E-state index in [1.165, 1.54) is 6.42 Å². The first kappa shape index (κ1) is 12.0. The molecule has 0 bridgehead atoms. The molecule has 0 heterocycles.